The lowest BCUT2D eigenvalue weighted by atomic mass is 10.0. The molecule has 3 rings (SSSR count). The predicted octanol–water partition coefficient (Wildman–Crippen LogP) is 5.22. The Kier molecular flexibility index (Phi) is 3.20. The standard InChI is InChI=1S/C16H10Cl2O2/c17-14-8-11-7-10(9-1-4-12(19)5-2-9)3-6-13(11)15(18)16(14)20/h1-8,19-20H. The highest BCUT2D eigenvalue weighted by Crippen LogP contribution is 2.39. The van der Waals surface area contributed by atoms with Crippen LogP contribution in [-0.4, -0.2) is 10.2 Å². The molecule has 0 aliphatic heterocycles. The molecular weight excluding hydrogens is 295 g/mol. The average Bonchev–Trinajstić information content (AvgIpc) is 2.45. The van der Waals surface area contributed by atoms with Crippen molar-refractivity contribution in [2.75, 3.05) is 0 Å². The highest BCUT2D eigenvalue weighted by Gasteiger charge is 2.10. The lowest BCUT2D eigenvalue weighted by Gasteiger charge is -2.08. The molecule has 20 heavy (non-hydrogen) atoms. The molecule has 3 aromatic carbocycles. The average molecular weight is 305 g/mol. The summed E-state index contributed by atoms with van der Waals surface area (Å²) in [6.07, 6.45) is 0. The molecule has 0 fully saturated rings. The summed E-state index contributed by atoms with van der Waals surface area (Å²) in [6, 6.07) is 14.3. The van der Waals surface area contributed by atoms with E-state index in [1.807, 2.05) is 30.3 Å². The van der Waals surface area contributed by atoms with E-state index in [-0.39, 0.29) is 21.5 Å². The number of hydrogen-bond donors (Lipinski definition) is 2. The molecule has 2 nitrogen and oxygen atoms in total. The number of phenolic OH excluding ortho intramolecular Hbond substituents is 2. The zero-order chi connectivity index (χ0) is 14.3. The quantitative estimate of drug-likeness (QED) is 0.646. The summed E-state index contributed by atoms with van der Waals surface area (Å²) in [4.78, 5) is 0. The van der Waals surface area contributed by atoms with Crippen molar-refractivity contribution in [3.8, 4) is 22.6 Å². The van der Waals surface area contributed by atoms with Crippen molar-refractivity contribution < 1.29 is 10.2 Å². The van der Waals surface area contributed by atoms with Crippen LogP contribution in [0.25, 0.3) is 21.9 Å². The molecule has 3 aromatic rings. The first-order valence-electron chi connectivity index (χ1n) is 5.96. The van der Waals surface area contributed by atoms with Crippen LogP contribution in [0.5, 0.6) is 11.5 Å². The molecule has 0 aliphatic carbocycles. The van der Waals surface area contributed by atoms with E-state index >= 15 is 0 Å². The molecule has 0 saturated heterocycles. The number of hydrogen-bond acceptors (Lipinski definition) is 2. The van der Waals surface area contributed by atoms with Gasteiger partial charge in [0.25, 0.3) is 0 Å². The monoisotopic (exact) mass is 304 g/mol. The second-order valence-corrected chi connectivity index (χ2v) is 5.29. The Hall–Kier alpha value is -1.90. The molecule has 0 radical (unpaired) electrons. The summed E-state index contributed by atoms with van der Waals surface area (Å²) in [5.41, 5.74) is 1.96. The molecule has 0 bridgehead atoms. The molecule has 0 aromatic heterocycles. The largest absolute Gasteiger partial charge is 0.508 e. The molecule has 0 aliphatic rings. The van der Waals surface area contributed by atoms with Gasteiger partial charge in [0, 0.05) is 5.39 Å². The van der Waals surface area contributed by atoms with E-state index in [1.165, 1.54) is 0 Å². The molecular formula is C16H10Cl2O2. The van der Waals surface area contributed by atoms with E-state index in [0.717, 1.165) is 21.9 Å². The number of phenols is 2. The first kappa shape index (κ1) is 13.1. The fourth-order valence-corrected chi connectivity index (χ4v) is 2.69. The van der Waals surface area contributed by atoms with E-state index in [9.17, 15) is 10.2 Å². The van der Waals surface area contributed by atoms with Crippen LogP contribution in [0.3, 0.4) is 0 Å². The van der Waals surface area contributed by atoms with E-state index < -0.39 is 0 Å². The van der Waals surface area contributed by atoms with Crippen molar-refractivity contribution in [1.29, 1.82) is 0 Å². The third-order valence-electron chi connectivity index (χ3n) is 3.21. The predicted molar refractivity (Wildman–Crippen MR) is 82.7 cm³/mol. The molecule has 0 amide bonds. The van der Waals surface area contributed by atoms with Crippen LogP contribution < -0.4 is 0 Å². The van der Waals surface area contributed by atoms with Gasteiger partial charge < -0.3 is 10.2 Å². The highest BCUT2D eigenvalue weighted by atomic mass is 35.5. The summed E-state index contributed by atoms with van der Waals surface area (Å²) >= 11 is 12.0. The fraction of sp³-hybridized carbons (Fsp3) is 0. The Morgan fingerprint density at radius 3 is 2.10 bits per heavy atom. The molecule has 0 spiro atoms. The minimum atomic E-state index is -0.0989. The van der Waals surface area contributed by atoms with Crippen molar-refractivity contribution in [2.24, 2.45) is 0 Å². The number of rotatable bonds is 1. The summed E-state index contributed by atoms with van der Waals surface area (Å²) in [7, 11) is 0. The topological polar surface area (TPSA) is 40.5 Å². The van der Waals surface area contributed by atoms with Gasteiger partial charge in [-0.15, -0.1) is 0 Å². The van der Waals surface area contributed by atoms with Crippen LogP contribution in [-0.2, 0) is 0 Å². The summed E-state index contributed by atoms with van der Waals surface area (Å²) in [5, 5.41) is 21.1. The SMILES string of the molecule is Oc1ccc(-c2ccc3c(Cl)c(O)c(Cl)cc3c2)cc1. The van der Waals surface area contributed by atoms with Gasteiger partial charge >= 0.3 is 0 Å². The van der Waals surface area contributed by atoms with Gasteiger partial charge in [-0.1, -0.05) is 47.5 Å². The molecule has 0 heterocycles. The van der Waals surface area contributed by atoms with E-state index in [1.54, 1.807) is 18.2 Å². The molecule has 0 saturated carbocycles. The van der Waals surface area contributed by atoms with Crippen LogP contribution in [0.2, 0.25) is 10.0 Å². The third kappa shape index (κ3) is 2.17. The normalized spacial score (nSPS) is 10.9. The van der Waals surface area contributed by atoms with Gasteiger partial charge in [-0.25, -0.2) is 0 Å². The van der Waals surface area contributed by atoms with Crippen molar-refractivity contribution in [1.82, 2.24) is 0 Å². The second kappa shape index (κ2) is 4.89. The summed E-state index contributed by atoms with van der Waals surface area (Å²) in [6.45, 7) is 0. The van der Waals surface area contributed by atoms with Gasteiger partial charge in [0.1, 0.15) is 5.75 Å². The Morgan fingerprint density at radius 1 is 0.750 bits per heavy atom. The van der Waals surface area contributed by atoms with Crippen LogP contribution >= 0.6 is 23.2 Å². The molecule has 0 atom stereocenters. The Bertz CT molecular complexity index is 796. The Morgan fingerprint density at radius 2 is 1.40 bits per heavy atom. The number of benzene rings is 3. The van der Waals surface area contributed by atoms with E-state index in [2.05, 4.69) is 0 Å². The fourth-order valence-electron chi connectivity index (χ4n) is 2.15. The van der Waals surface area contributed by atoms with Crippen LogP contribution in [0.15, 0.2) is 48.5 Å². The minimum Gasteiger partial charge on any atom is -0.508 e. The van der Waals surface area contributed by atoms with Crippen LogP contribution in [0.4, 0.5) is 0 Å². The zero-order valence-electron chi connectivity index (χ0n) is 10.3. The molecule has 4 heteroatoms. The number of aromatic hydroxyl groups is 2. The smallest absolute Gasteiger partial charge is 0.153 e. The first-order chi connectivity index (χ1) is 9.56. The number of fused-ring (bicyclic) bond motifs is 1. The van der Waals surface area contributed by atoms with Crippen LogP contribution in [0, 0.1) is 0 Å². The van der Waals surface area contributed by atoms with Gasteiger partial charge in [-0.3, -0.25) is 0 Å². The maximum absolute atomic E-state index is 9.73. The van der Waals surface area contributed by atoms with Gasteiger partial charge in [0.05, 0.1) is 10.0 Å². The highest BCUT2D eigenvalue weighted by molar-refractivity contribution is 6.41. The van der Waals surface area contributed by atoms with Gasteiger partial charge in [-0.2, -0.15) is 0 Å². The first-order valence-corrected chi connectivity index (χ1v) is 6.72. The second-order valence-electron chi connectivity index (χ2n) is 4.50. The van der Waals surface area contributed by atoms with Crippen molar-refractivity contribution in [3.63, 3.8) is 0 Å². The maximum atomic E-state index is 9.73. The maximum Gasteiger partial charge on any atom is 0.153 e. The van der Waals surface area contributed by atoms with Gasteiger partial charge in [0.2, 0.25) is 0 Å². The summed E-state index contributed by atoms with van der Waals surface area (Å²) in [5.74, 6) is 0.128. The zero-order valence-corrected chi connectivity index (χ0v) is 11.8. The molecule has 2 N–H and O–H groups in total. The van der Waals surface area contributed by atoms with Gasteiger partial charge in [-0.05, 0) is 40.8 Å². The van der Waals surface area contributed by atoms with E-state index in [0.29, 0.717) is 0 Å². The molecule has 100 valence electrons. The van der Waals surface area contributed by atoms with Crippen molar-refractivity contribution in [2.45, 2.75) is 0 Å². The summed E-state index contributed by atoms with van der Waals surface area (Å²) < 4.78 is 0. The third-order valence-corrected chi connectivity index (χ3v) is 3.88. The Balaban J connectivity index is 2.20. The Labute approximate surface area is 125 Å². The van der Waals surface area contributed by atoms with Crippen molar-refractivity contribution >= 4 is 34.0 Å². The lowest BCUT2D eigenvalue weighted by molar-refractivity contribution is 0.475. The molecule has 0 unspecified atom stereocenters. The number of halogens is 2. The van der Waals surface area contributed by atoms with E-state index in [4.69, 9.17) is 23.2 Å². The van der Waals surface area contributed by atoms with Crippen molar-refractivity contribution in [3.05, 3.63) is 58.6 Å². The minimum absolute atomic E-state index is 0.0989. The van der Waals surface area contributed by atoms with Crippen LogP contribution in [0.1, 0.15) is 0 Å². The van der Waals surface area contributed by atoms with Gasteiger partial charge in [0.15, 0.2) is 5.75 Å². The lowest BCUT2D eigenvalue weighted by Crippen LogP contribution is -1.81.